The van der Waals surface area contributed by atoms with Gasteiger partial charge in [-0.05, 0) is 56.5 Å². The molecule has 0 spiro atoms. The minimum Gasteiger partial charge on any atom is -0.494 e. The van der Waals surface area contributed by atoms with Crippen molar-refractivity contribution in [3.8, 4) is 11.5 Å². The summed E-state index contributed by atoms with van der Waals surface area (Å²) >= 11 is 0. The summed E-state index contributed by atoms with van der Waals surface area (Å²) < 4.78 is 53.8. The molecule has 1 aromatic heterocycles. The first-order chi connectivity index (χ1) is 21.2. The lowest BCUT2D eigenvalue weighted by Gasteiger charge is -2.35. The van der Waals surface area contributed by atoms with Gasteiger partial charge in [0, 0.05) is 44.1 Å². The van der Waals surface area contributed by atoms with Gasteiger partial charge < -0.3 is 29.9 Å². The average molecular weight is 613 g/mol. The number of hydrogen-bond acceptors (Lipinski definition) is 9. The number of alkyl halides is 3. The van der Waals surface area contributed by atoms with Crippen molar-refractivity contribution < 1.29 is 27.4 Å². The number of aromatic nitrogens is 2. The zero-order valence-corrected chi connectivity index (χ0v) is 25.3. The minimum absolute atomic E-state index is 0.0684. The number of halogens is 3. The number of Topliss-reactive ketones (excluding diaryl/α,β-unsaturated/α-hetero) is 1. The van der Waals surface area contributed by atoms with E-state index >= 15 is 0 Å². The van der Waals surface area contributed by atoms with Gasteiger partial charge in [-0.15, -0.1) is 0 Å². The molecular formula is C32H39F3N6O3. The van der Waals surface area contributed by atoms with E-state index in [0.29, 0.717) is 29.7 Å². The smallest absolute Gasteiger partial charge is 0.421 e. The Hall–Kier alpha value is -4.06. The third-order valence-electron chi connectivity index (χ3n) is 8.29. The third-order valence-corrected chi connectivity index (χ3v) is 8.29. The van der Waals surface area contributed by atoms with E-state index in [4.69, 9.17) is 9.47 Å². The molecule has 2 aromatic carbocycles. The van der Waals surface area contributed by atoms with Crippen LogP contribution in [0, 0.1) is 5.92 Å². The van der Waals surface area contributed by atoms with E-state index in [-0.39, 0.29) is 23.0 Å². The highest BCUT2D eigenvalue weighted by Crippen LogP contribution is 2.38. The van der Waals surface area contributed by atoms with Crippen LogP contribution < -0.4 is 25.0 Å². The summed E-state index contributed by atoms with van der Waals surface area (Å²) in [6.07, 6.45) is 0.386. The van der Waals surface area contributed by atoms with Gasteiger partial charge in [0.25, 0.3) is 0 Å². The molecule has 2 aliphatic rings. The molecule has 2 N–H and O–H groups in total. The van der Waals surface area contributed by atoms with Crippen molar-refractivity contribution in [1.29, 1.82) is 0 Å². The van der Waals surface area contributed by atoms with Crippen LogP contribution in [0.5, 0.6) is 11.5 Å². The first-order valence-corrected chi connectivity index (χ1v) is 15.1. The van der Waals surface area contributed by atoms with Gasteiger partial charge in [0.15, 0.2) is 5.78 Å². The summed E-state index contributed by atoms with van der Waals surface area (Å²) in [5, 5.41) is 5.76. The number of hydrogen-bond donors (Lipinski definition) is 2. The van der Waals surface area contributed by atoms with Crippen LogP contribution in [0.4, 0.5) is 42.0 Å². The van der Waals surface area contributed by atoms with Gasteiger partial charge in [-0.3, -0.25) is 4.79 Å². The maximum Gasteiger partial charge on any atom is 0.421 e. The number of methoxy groups -OCH3 is 1. The molecule has 2 fully saturated rings. The highest BCUT2D eigenvalue weighted by molar-refractivity contribution is 6.03. The summed E-state index contributed by atoms with van der Waals surface area (Å²) in [6, 6.07) is 10.5. The van der Waals surface area contributed by atoms with Crippen molar-refractivity contribution in [2.24, 2.45) is 5.92 Å². The van der Waals surface area contributed by atoms with Crippen LogP contribution >= 0.6 is 0 Å². The molecule has 0 amide bonds. The van der Waals surface area contributed by atoms with Crippen molar-refractivity contribution in [2.75, 3.05) is 62.0 Å². The van der Waals surface area contributed by atoms with Crippen LogP contribution in [-0.4, -0.2) is 67.1 Å². The number of carbonyl (C=O) groups excluding carboxylic acids is 1. The Morgan fingerprint density at radius 1 is 1.02 bits per heavy atom. The highest BCUT2D eigenvalue weighted by atomic mass is 19.4. The first-order valence-electron chi connectivity index (χ1n) is 15.1. The number of benzene rings is 2. The van der Waals surface area contributed by atoms with Gasteiger partial charge in [0.1, 0.15) is 22.9 Å². The van der Waals surface area contributed by atoms with Crippen LogP contribution in [0.1, 0.15) is 55.5 Å². The number of nitrogens with zero attached hydrogens (tertiary/aromatic N) is 4. The second kappa shape index (κ2) is 13.7. The fourth-order valence-electron chi connectivity index (χ4n) is 5.80. The van der Waals surface area contributed by atoms with E-state index in [9.17, 15) is 18.0 Å². The molecule has 0 bridgehead atoms. The summed E-state index contributed by atoms with van der Waals surface area (Å²) in [5.41, 5.74) is 0.764. The molecule has 1 saturated heterocycles. The normalized spacial score (nSPS) is 16.2. The predicted octanol–water partition coefficient (Wildman–Crippen LogP) is 6.90. The molecule has 3 aromatic rings. The van der Waals surface area contributed by atoms with Crippen LogP contribution in [-0.2, 0) is 6.18 Å². The summed E-state index contributed by atoms with van der Waals surface area (Å²) in [5.74, 6) is 0.337. The quantitative estimate of drug-likeness (QED) is 0.224. The summed E-state index contributed by atoms with van der Waals surface area (Å²) in [7, 11) is 1.53. The Labute approximate surface area is 255 Å². The van der Waals surface area contributed by atoms with Crippen molar-refractivity contribution >= 4 is 34.6 Å². The maximum absolute atomic E-state index is 14.1. The number of ketones is 1. The van der Waals surface area contributed by atoms with E-state index in [0.717, 1.165) is 70.3 Å². The van der Waals surface area contributed by atoms with Crippen LogP contribution in [0.15, 0.2) is 42.6 Å². The molecule has 1 saturated carbocycles. The van der Waals surface area contributed by atoms with E-state index < -0.39 is 17.6 Å². The Bertz CT molecular complexity index is 1450. The van der Waals surface area contributed by atoms with Crippen molar-refractivity contribution in [3.05, 3.63) is 53.7 Å². The monoisotopic (exact) mass is 612 g/mol. The number of anilines is 5. The lowest BCUT2D eigenvalue weighted by molar-refractivity contribution is -0.137. The van der Waals surface area contributed by atoms with Crippen molar-refractivity contribution in [1.82, 2.24) is 14.9 Å². The standard InChI is InChI=1S/C32H39F3N6O3/c1-4-40-14-16-41(17-15-40)23-12-13-25(28(18-23)43-3)38-31-36-19-24(32(33,34)35)30(39-31)37-26-10-7-11-27(29(26)21(2)42)44-20-22-8-5-6-9-22/h7,10-13,18-19,22H,4-6,8-9,14-17,20H2,1-3H3,(H2,36,37,38,39). The Morgan fingerprint density at radius 3 is 2.43 bits per heavy atom. The second-order valence-corrected chi connectivity index (χ2v) is 11.2. The Balaban J connectivity index is 1.40. The third kappa shape index (κ3) is 7.35. The number of carbonyl (C=O) groups is 1. The van der Waals surface area contributed by atoms with Gasteiger partial charge in [-0.2, -0.15) is 18.2 Å². The molecule has 2 heterocycles. The second-order valence-electron chi connectivity index (χ2n) is 11.2. The molecule has 1 aliphatic heterocycles. The number of rotatable bonds is 11. The van der Waals surface area contributed by atoms with Crippen molar-refractivity contribution in [3.63, 3.8) is 0 Å². The minimum atomic E-state index is -4.74. The zero-order chi connectivity index (χ0) is 31.3. The van der Waals surface area contributed by atoms with Gasteiger partial charge in [0.2, 0.25) is 5.95 Å². The van der Waals surface area contributed by atoms with Gasteiger partial charge in [0.05, 0.1) is 30.7 Å². The fraction of sp³-hybridized carbons (Fsp3) is 0.469. The molecular weight excluding hydrogens is 573 g/mol. The lowest BCUT2D eigenvalue weighted by atomic mass is 10.1. The molecule has 44 heavy (non-hydrogen) atoms. The van der Waals surface area contributed by atoms with Gasteiger partial charge in [-0.25, -0.2) is 4.98 Å². The zero-order valence-electron chi connectivity index (χ0n) is 25.3. The van der Waals surface area contributed by atoms with Crippen molar-refractivity contribution in [2.45, 2.75) is 45.7 Å². The van der Waals surface area contributed by atoms with E-state index in [1.54, 1.807) is 18.2 Å². The summed E-state index contributed by atoms with van der Waals surface area (Å²) in [4.78, 5) is 25.5. The number of piperazine rings is 1. The molecule has 9 nitrogen and oxygen atoms in total. The van der Waals surface area contributed by atoms with E-state index in [1.165, 1.54) is 20.1 Å². The average Bonchev–Trinajstić information content (AvgIpc) is 3.53. The molecule has 5 rings (SSSR count). The maximum atomic E-state index is 14.1. The number of ether oxygens (including phenoxy) is 2. The molecule has 0 unspecified atom stereocenters. The van der Waals surface area contributed by atoms with E-state index in [2.05, 4.69) is 37.3 Å². The van der Waals surface area contributed by atoms with Crippen LogP contribution in [0.25, 0.3) is 0 Å². The molecule has 236 valence electrons. The molecule has 0 atom stereocenters. The SMILES string of the molecule is CCN1CCN(c2ccc(Nc3ncc(C(F)(F)F)c(Nc4cccc(OCC5CCCC5)c4C(C)=O)n3)c(OC)c2)CC1. The number of nitrogens with one attached hydrogen (secondary N) is 2. The molecule has 12 heteroatoms. The van der Waals surface area contributed by atoms with Crippen LogP contribution in [0.2, 0.25) is 0 Å². The number of likely N-dealkylation sites (N-methyl/N-ethyl adjacent to an activating group) is 1. The lowest BCUT2D eigenvalue weighted by Crippen LogP contribution is -2.46. The highest BCUT2D eigenvalue weighted by Gasteiger charge is 2.36. The first kappa shape index (κ1) is 31.4. The van der Waals surface area contributed by atoms with Gasteiger partial charge >= 0.3 is 6.18 Å². The van der Waals surface area contributed by atoms with E-state index in [1.807, 2.05) is 12.1 Å². The Kier molecular flexibility index (Phi) is 9.77. The Morgan fingerprint density at radius 2 is 1.77 bits per heavy atom. The topological polar surface area (TPSA) is 91.8 Å². The summed E-state index contributed by atoms with van der Waals surface area (Å²) in [6.45, 7) is 8.68. The molecule has 0 radical (unpaired) electrons. The largest absolute Gasteiger partial charge is 0.494 e. The molecule has 1 aliphatic carbocycles. The van der Waals surface area contributed by atoms with Gasteiger partial charge in [-0.1, -0.05) is 25.8 Å². The van der Waals surface area contributed by atoms with Crippen LogP contribution in [0.3, 0.4) is 0 Å². The predicted molar refractivity (Wildman–Crippen MR) is 165 cm³/mol. The fourth-order valence-corrected chi connectivity index (χ4v) is 5.80.